The molecule has 2 aliphatic rings. The highest BCUT2D eigenvalue weighted by Crippen LogP contribution is 2.34. The normalized spacial score (nSPS) is 20.9. The number of nitrogens with zero attached hydrogens (tertiary/aromatic N) is 2. The minimum absolute atomic E-state index is 0.135. The van der Waals surface area contributed by atoms with Crippen LogP contribution in [0.4, 0.5) is 4.79 Å². The number of ether oxygens (including phenoxy) is 1. The van der Waals surface area contributed by atoms with E-state index in [0.29, 0.717) is 0 Å². The molecule has 1 aliphatic heterocycles. The topological polar surface area (TPSA) is 42.4 Å². The lowest BCUT2D eigenvalue weighted by Crippen LogP contribution is -2.34. The van der Waals surface area contributed by atoms with Crippen molar-refractivity contribution in [3.63, 3.8) is 0 Å². The summed E-state index contributed by atoms with van der Waals surface area (Å²) in [6.07, 6.45) is 9.58. The Balaban J connectivity index is 0.000000615. The van der Waals surface area contributed by atoms with Gasteiger partial charge in [0.15, 0.2) is 0 Å². The lowest BCUT2D eigenvalue weighted by molar-refractivity contribution is 0.0429. The predicted molar refractivity (Wildman–Crippen MR) is 96.8 cm³/mol. The number of rotatable bonds is 2. The van der Waals surface area contributed by atoms with Crippen LogP contribution in [0.25, 0.3) is 0 Å². The van der Waals surface area contributed by atoms with Gasteiger partial charge < -0.3 is 4.74 Å². The van der Waals surface area contributed by atoms with Gasteiger partial charge >= 0.3 is 6.09 Å². The molecule has 0 spiro atoms. The maximum Gasteiger partial charge on any atom is 0.410 e. The van der Waals surface area contributed by atoms with Crippen LogP contribution in [0.3, 0.4) is 0 Å². The van der Waals surface area contributed by atoms with Gasteiger partial charge in [-0.05, 0) is 38.5 Å². The van der Waals surface area contributed by atoms with Crippen LogP contribution in [0.15, 0.2) is 11.6 Å². The zero-order valence-corrected chi connectivity index (χ0v) is 15.9. The van der Waals surface area contributed by atoms with E-state index in [1.54, 1.807) is 11.3 Å². The Morgan fingerprint density at radius 2 is 1.83 bits per heavy atom. The van der Waals surface area contributed by atoms with Gasteiger partial charge in [-0.1, -0.05) is 34.1 Å². The molecule has 0 aromatic carbocycles. The summed E-state index contributed by atoms with van der Waals surface area (Å²) in [4.78, 5) is 18.5. The molecule has 3 rings (SSSR count). The summed E-state index contributed by atoms with van der Waals surface area (Å²) in [5.41, 5.74) is 0. The third kappa shape index (κ3) is 5.79. The number of carbonyl (C=O) groups excluding carboxylic acids is 1. The molecule has 0 N–H and O–H groups in total. The third-order valence-electron chi connectivity index (χ3n) is 4.04. The smallest absolute Gasteiger partial charge is 0.410 e. The van der Waals surface area contributed by atoms with E-state index in [0.717, 1.165) is 37.2 Å². The highest BCUT2D eigenvalue weighted by Gasteiger charge is 2.33. The van der Waals surface area contributed by atoms with Crippen molar-refractivity contribution in [3.05, 3.63) is 16.6 Å². The van der Waals surface area contributed by atoms with Gasteiger partial charge in [0.1, 0.15) is 11.1 Å². The maximum atomic E-state index is 12.3. The maximum absolute atomic E-state index is 12.3. The first-order chi connectivity index (χ1) is 11.3. The minimum Gasteiger partial charge on any atom is -0.446 e. The predicted octanol–water partition coefficient (Wildman–Crippen LogP) is 5.80. The molecule has 2 fully saturated rings. The Labute approximate surface area is 145 Å². The zero-order valence-electron chi connectivity index (χ0n) is 15.1. The van der Waals surface area contributed by atoms with Crippen molar-refractivity contribution in [3.8, 4) is 0 Å². The minimum atomic E-state index is -0.135. The average molecular weight is 341 g/mol. The van der Waals surface area contributed by atoms with Crippen LogP contribution in [-0.4, -0.2) is 28.6 Å². The van der Waals surface area contributed by atoms with Gasteiger partial charge in [-0.25, -0.2) is 9.78 Å². The van der Waals surface area contributed by atoms with E-state index in [-0.39, 0.29) is 18.2 Å². The van der Waals surface area contributed by atoms with E-state index in [1.807, 2.05) is 44.2 Å². The average Bonchev–Trinajstić information content (AvgIpc) is 3.30. The van der Waals surface area contributed by atoms with E-state index in [9.17, 15) is 4.79 Å². The summed E-state index contributed by atoms with van der Waals surface area (Å²) in [6, 6.07) is 0.135. The van der Waals surface area contributed by atoms with Gasteiger partial charge in [0.05, 0.1) is 6.04 Å². The number of amides is 1. The van der Waals surface area contributed by atoms with E-state index >= 15 is 0 Å². The fourth-order valence-electron chi connectivity index (χ4n) is 3.03. The molecular weight excluding hydrogens is 308 g/mol. The van der Waals surface area contributed by atoms with Gasteiger partial charge in [-0.2, -0.15) is 0 Å². The van der Waals surface area contributed by atoms with Crippen molar-refractivity contribution in [2.24, 2.45) is 0 Å². The number of aromatic nitrogens is 1. The standard InChI is InChI=1S/C14H20N2O2S.2C2H6/c17-14(18-11-5-2-1-3-6-11)16-9-4-7-12(16)13-15-8-10-19-13;2*1-2/h8,10-12H,1-7,9H2;2*1-2H3. The van der Waals surface area contributed by atoms with Gasteiger partial charge in [0.2, 0.25) is 0 Å². The molecule has 5 heteroatoms. The van der Waals surface area contributed by atoms with Crippen molar-refractivity contribution in [2.75, 3.05) is 6.54 Å². The SMILES string of the molecule is CC.CC.O=C(OC1CCCCC1)N1CCCC1c1nccs1. The zero-order chi connectivity index (χ0) is 17.1. The third-order valence-corrected chi connectivity index (χ3v) is 4.92. The second kappa shape index (κ2) is 11.4. The van der Waals surface area contributed by atoms with Crippen LogP contribution in [0.1, 0.15) is 83.7 Å². The first-order valence-corrected chi connectivity index (χ1v) is 10.1. The summed E-state index contributed by atoms with van der Waals surface area (Å²) >= 11 is 1.63. The van der Waals surface area contributed by atoms with Crippen LogP contribution in [0.5, 0.6) is 0 Å². The fourth-order valence-corrected chi connectivity index (χ4v) is 3.82. The van der Waals surface area contributed by atoms with Crippen LogP contribution in [-0.2, 0) is 4.74 Å². The Kier molecular flexibility index (Phi) is 9.92. The molecule has 0 radical (unpaired) electrons. The van der Waals surface area contributed by atoms with Gasteiger partial charge in [-0.15, -0.1) is 11.3 Å². The quantitative estimate of drug-likeness (QED) is 0.683. The van der Waals surface area contributed by atoms with Crippen molar-refractivity contribution in [1.82, 2.24) is 9.88 Å². The second-order valence-corrected chi connectivity index (χ2v) is 6.29. The first kappa shape index (κ1) is 19.9. The molecule has 23 heavy (non-hydrogen) atoms. The van der Waals surface area contributed by atoms with Crippen molar-refractivity contribution in [2.45, 2.75) is 84.8 Å². The summed E-state index contributed by atoms with van der Waals surface area (Å²) < 4.78 is 5.67. The van der Waals surface area contributed by atoms with Gasteiger partial charge in [-0.3, -0.25) is 4.90 Å². The molecule has 132 valence electrons. The van der Waals surface area contributed by atoms with Crippen LogP contribution >= 0.6 is 11.3 Å². The summed E-state index contributed by atoms with van der Waals surface area (Å²) in [6.45, 7) is 8.80. The van der Waals surface area contributed by atoms with Crippen molar-refractivity contribution in [1.29, 1.82) is 0 Å². The molecule has 1 aromatic heterocycles. The van der Waals surface area contributed by atoms with Crippen molar-refractivity contribution < 1.29 is 9.53 Å². The highest BCUT2D eigenvalue weighted by molar-refractivity contribution is 7.09. The molecule has 0 bridgehead atoms. The lowest BCUT2D eigenvalue weighted by Gasteiger charge is -2.27. The van der Waals surface area contributed by atoms with E-state index < -0.39 is 0 Å². The molecular formula is C18H32N2O2S. The molecule has 4 nitrogen and oxygen atoms in total. The molecule has 1 amide bonds. The molecule has 1 saturated heterocycles. The monoisotopic (exact) mass is 340 g/mol. The second-order valence-electron chi connectivity index (χ2n) is 5.37. The van der Waals surface area contributed by atoms with Crippen molar-refractivity contribution >= 4 is 17.4 Å². The lowest BCUT2D eigenvalue weighted by atomic mass is 9.98. The number of hydrogen-bond donors (Lipinski definition) is 0. The van der Waals surface area contributed by atoms with E-state index in [4.69, 9.17) is 4.74 Å². The molecule has 1 aromatic rings. The molecule has 2 heterocycles. The Bertz CT molecular complexity index is 417. The van der Waals surface area contributed by atoms with Gasteiger partial charge in [0, 0.05) is 18.1 Å². The number of likely N-dealkylation sites (tertiary alicyclic amines) is 1. The molecule has 1 unspecified atom stereocenters. The Hall–Kier alpha value is -1.10. The first-order valence-electron chi connectivity index (χ1n) is 9.21. The molecule has 1 saturated carbocycles. The van der Waals surface area contributed by atoms with Crippen LogP contribution in [0, 0.1) is 0 Å². The van der Waals surface area contributed by atoms with Gasteiger partial charge in [0.25, 0.3) is 0 Å². The summed E-state index contributed by atoms with van der Waals surface area (Å²) in [5, 5.41) is 3.01. The van der Waals surface area contributed by atoms with E-state index in [1.165, 1.54) is 19.3 Å². The Morgan fingerprint density at radius 1 is 1.13 bits per heavy atom. The van der Waals surface area contributed by atoms with E-state index in [2.05, 4.69) is 4.98 Å². The summed E-state index contributed by atoms with van der Waals surface area (Å²) in [5.74, 6) is 0. The number of carbonyl (C=O) groups is 1. The Morgan fingerprint density at radius 3 is 2.43 bits per heavy atom. The molecule has 1 atom stereocenters. The number of hydrogen-bond acceptors (Lipinski definition) is 4. The van der Waals surface area contributed by atoms with Crippen LogP contribution in [0.2, 0.25) is 0 Å². The van der Waals surface area contributed by atoms with Crippen LogP contribution < -0.4 is 0 Å². The fraction of sp³-hybridized carbons (Fsp3) is 0.778. The summed E-state index contributed by atoms with van der Waals surface area (Å²) in [7, 11) is 0. The largest absolute Gasteiger partial charge is 0.446 e. The number of thiazole rings is 1. The molecule has 1 aliphatic carbocycles. The highest BCUT2D eigenvalue weighted by atomic mass is 32.1.